The van der Waals surface area contributed by atoms with Crippen LogP contribution in [0, 0.1) is 24.2 Å². The summed E-state index contributed by atoms with van der Waals surface area (Å²) in [5.74, 6) is 1.60. The standard InChI is InChI=1S/C13H20N4/c1-9(2)8-17(11-5-6-11)13-12(7-14)10(3)15-16(13)4/h9,11H,5-6,8H2,1-4H3. The van der Waals surface area contributed by atoms with Gasteiger partial charge < -0.3 is 4.90 Å². The summed E-state index contributed by atoms with van der Waals surface area (Å²) in [6.07, 6.45) is 2.48. The van der Waals surface area contributed by atoms with Crippen LogP contribution in [0.3, 0.4) is 0 Å². The van der Waals surface area contributed by atoms with E-state index in [1.807, 2.05) is 18.7 Å². The molecular formula is C13H20N4. The fourth-order valence-corrected chi connectivity index (χ4v) is 2.29. The Morgan fingerprint density at radius 3 is 2.65 bits per heavy atom. The Kier molecular flexibility index (Phi) is 3.10. The molecule has 4 heteroatoms. The van der Waals surface area contributed by atoms with Gasteiger partial charge in [0, 0.05) is 19.6 Å². The Bertz CT molecular complexity index is 449. The van der Waals surface area contributed by atoms with Crippen LogP contribution in [-0.4, -0.2) is 22.4 Å². The first-order valence-electron chi connectivity index (χ1n) is 6.25. The predicted octanol–water partition coefficient (Wildman–Crippen LogP) is 2.22. The minimum Gasteiger partial charge on any atom is -0.352 e. The molecule has 1 saturated carbocycles. The molecule has 17 heavy (non-hydrogen) atoms. The van der Waals surface area contributed by atoms with Gasteiger partial charge in [-0.3, -0.25) is 4.68 Å². The number of anilines is 1. The number of hydrogen-bond acceptors (Lipinski definition) is 3. The monoisotopic (exact) mass is 232 g/mol. The van der Waals surface area contributed by atoms with Gasteiger partial charge in [0.05, 0.1) is 5.69 Å². The molecule has 92 valence electrons. The van der Waals surface area contributed by atoms with Gasteiger partial charge in [-0.1, -0.05) is 13.8 Å². The van der Waals surface area contributed by atoms with E-state index in [0.29, 0.717) is 12.0 Å². The molecule has 1 aromatic heterocycles. The molecule has 0 spiro atoms. The van der Waals surface area contributed by atoms with Crippen molar-refractivity contribution in [2.75, 3.05) is 11.4 Å². The number of nitrogens with zero attached hydrogens (tertiary/aromatic N) is 4. The summed E-state index contributed by atoms with van der Waals surface area (Å²) in [6.45, 7) is 7.33. The van der Waals surface area contributed by atoms with Crippen LogP contribution in [0.15, 0.2) is 0 Å². The van der Waals surface area contributed by atoms with Crippen molar-refractivity contribution in [2.45, 2.75) is 39.7 Å². The highest BCUT2D eigenvalue weighted by Crippen LogP contribution is 2.34. The van der Waals surface area contributed by atoms with Crippen LogP contribution in [0.25, 0.3) is 0 Å². The Balaban J connectivity index is 2.38. The largest absolute Gasteiger partial charge is 0.352 e. The average molecular weight is 232 g/mol. The van der Waals surface area contributed by atoms with Gasteiger partial charge in [0.25, 0.3) is 0 Å². The molecule has 1 heterocycles. The van der Waals surface area contributed by atoms with E-state index in [0.717, 1.165) is 23.6 Å². The van der Waals surface area contributed by atoms with E-state index in [1.54, 1.807) is 0 Å². The van der Waals surface area contributed by atoms with Crippen molar-refractivity contribution in [3.8, 4) is 6.07 Å². The summed E-state index contributed by atoms with van der Waals surface area (Å²) >= 11 is 0. The van der Waals surface area contributed by atoms with E-state index in [9.17, 15) is 5.26 Å². The zero-order valence-electron chi connectivity index (χ0n) is 11.1. The number of rotatable bonds is 4. The Morgan fingerprint density at radius 1 is 1.53 bits per heavy atom. The lowest BCUT2D eigenvalue weighted by Crippen LogP contribution is -2.32. The quantitative estimate of drug-likeness (QED) is 0.799. The Morgan fingerprint density at radius 2 is 2.18 bits per heavy atom. The van der Waals surface area contributed by atoms with Gasteiger partial charge >= 0.3 is 0 Å². The van der Waals surface area contributed by atoms with Crippen LogP contribution in [0.4, 0.5) is 5.82 Å². The topological polar surface area (TPSA) is 44.9 Å². The molecule has 2 rings (SSSR count). The molecule has 1 aliphatic rings. The van der Waals surface area contributed by atoms with Crippen LogP contribution < -0.4 is 4.90 Å². The Labute approximate surface area is 103 Å². The SMILES string of the molecule is Cc1nn(C)c(N(CC(C)C)C2CC2)c1C#N. The second kappa shape index (κ2) is 4.40. The van der Waals surface area contributed by atoms with Gasteiger partial charge in [0.1, 0.15) is 17.5 Å². The summed E-state index contributed by atoms with van der Waals surface area (Å²) < 4.78 is 1.86. The van der Waals surface area contributed by atoms with Crippen LogP contribution in [0.5, 0.6) is 0 Å². The van der Waals surface area contributed by atoms with Crippen molar-refractivity contribution in [1.29, 1.82) is 5.26 Å². The van der Waals surface area contributed by atoms with Crippen molar-refractivity contribution in [1.82, 2.24) is 9.78 Å². The van der Waals surface area contributed by atoms with Crippen LogP contribution in [-0.2, 0) is 7.05 Å². The Hall–Kier alpha value is -1.50. The highest BCUT2D eigenvalue weighted by atomic mass is 15.4. The first kappa shape index (κ1) is 12.0. The zero-order chi connectivity index (χ0) is 12.6. The van der Waals surface area contributed by atoms with Crippen molar-refractivity contribution in [3.05, 3.63) is 11.3 Å². The van der Waals surface area contributed by atoms with Crippen molar-refractivity contribution >= 4 is 5.82 Å². The highest BCUT2D eigenvalue weighted by molar-refractivity contribution is 5.58. The maximum Gasteiger partial charge on any atom is 0.145 e. The molecule has 0 N–H and O–H groups in total. The second-order valence-corrected chi connectivity index (χ2v) is 5.30. The molecule has 0 amide bonds. The fraction of sp³-hybridized carbons (Fsp3) is 0.692. The number of aromatic nitrogens is 2. The zero-order valence-corrected chi connectivity index (χ0v) is 11.1. The molecule has 1 fully saturated rings. The first-order valence-corrected chi connectivity index (χ1v) is 6.25. The average Bonchev–Trinajstić information content (AvgIpc) is 3.01. The normalized spacial score (nSPS) is 15.1. The first-order chi connectivity index (χ1) is 8.04. The second-order valence-electron chi connectivity index (χ2n) is 5.30. The molecule has 0 aliphatic heterocycles. The molecule has 0 atom stereocenters. The fourth-order valence-electron chi connectivity index (χ4n) is 2.29. The lowest BCUT2D eigenvalue weighted by molar-refractivity contribution is 0.587. The predicted molar refractivity (Wildman–Crippen MR) is 67.9 cm³/mol. The number of hydrogen-bond donors (Lipinski definition) is 0. The van der Waals surface area contributed by atoms with E-state index in [4.69, 9.17) is 0 Å². The van der Waals surface area contributed by atoms with E-state index in [-0.39, 0.29) is 0 Å². The minimum absolute atomic E-state index is 0.595. The van der Waals surface area contributed by atoms with Crippen LogP contribution in [0.2, 0.25) is 0 Å². The van der Waals surface area contributed by atoms with E-state index >= 15 is 0 Å². The maximum atomic E-state index is 9.27. The third-order valence-corrected chi connectivity index (χ3v) is 3.13. The highest BCUT2D eigenvalue weighted by Gasteiger charge is 2.33. The van der Waals surface area contributed by atoms with Gasteiger partial charge in [0.15, 0.2) is 0 Å². The molecule has 4 nitrogen and oxygen atoms in total. The van der Waals surface area contributed by atoms with E-state index in [2.05, 4.69) is 29.9 Å². The van der Waals surface area contributed by atoms with Crippen molar-refractivity contribution in [3.63, 3.8) is 0 Å². The van der Waals surface area contributed by atoms with Crippen molar-refractivity contribution < 1.29 is 0 Å². The van der Waals surface area contributed by atoms with E-state index < -0.39 is 0 Å². The van der Waals surface area contributed by atoms with Gasteiger partial charge in [-0.2, -0.15) is 10.4 Å². The molecular weight excluding hydrogens is 212 g/mol. The van der Waals surface area contributed by atoms with Crippen LogP contribution in [0.1, 0.15) is 37.9 Å². The molecule has 1 aliphatic carbocycles. The molecule has 0 bridgehead atoms. The molecule has 0 saturated heterocycles. The number of nitriles is 1. The van der Waals surface area contributed by atoms with Crippen LogP contribution >= 0.6 is 0 Å². The van der Waals surface area contributed by atoms with E-state index in [1.165, 1.54) is 12.8 Å². The summed E-state index contributed by atoms with van der Waals surface area (Å²) in [6, 6.07) is 2.91. The van der Waals surface area contributed by atoms with Crippen molar-refractivity contribution in [2.24, 2.45) is 13.0 Å². The van der Waals surface area contributed by atoms with Gasteiger partial charge in [-0.15, -0.1) is 0 Å². The maximum absolute atomic E-state index is 9.27. The summed E-state index contributed by atoms with van der Waals surface area (Å²) in [7, 11) is 1.93. The molecule has 0 aromatic carbocycles. The molecule has 0 unspecified atom stereocenters. The summed E-state index contributed by atoms with van der Waals surface area (Å²) in [4.78, 5) is 2.36. The minimum atomic E-state index is 0.595. The smallest absolute Gasteiger partial charge is 0.145 e. The third kappa shape index (κ3) is 2.28. The number of aryl methyl sites for hydroxylation is 2. The van der Waals surface area contributed by atoms with Gasteiger partial charge in [0.2, 0.25) is 0 Å². The van der Waals surface area contributed by atoms with Gasteiger partial charge in [-0.05, 0) is 25.7 Å². The lowest BCUT2D eigenvalue weighted by Gasteiger charge is -2.26. The van der Waals surface area contributed by atoms with Gasteiger partial charge in [-0.25, -0.2) is 0 Å². The summed E-state index contributed by atoms with van der Waals surface area (Å²) in [5.41, 5.74) is 1.57. The lowest BCUT2D eigenvalue weighted by atomic mass is 10.2. The molecule has 0 radical (unpaired) electrons. The third-order valence-electron chi connectivity index (χ3n) is 3.13. The summed E-state index contributed by atoms with van der Waals surface area (Å²) in [5, 5.41) is 13.6. The molecule has 1 aromatic rings.